The highest BCUT2D eigenvalue weighted by Crippen LogP contribution is 2.53. The van der Waals surface area contributed by atoms with E-state index in [0.717, 1.165) is 39.0 Å². The first-order valence-electron chi connectivity index (χ1n) is 10.2. The molecule has 1 nitrogen and oxygen atoms in total. The Morgan fingerprint density at radius 3 is 1.43 bits per heavy atom. The van der Waals surface area contributed by atoms with Crippen molar-refractivity contribution in [3.8, 4) is 0 Å². The maximum Gasteiger partial charge on any atom is 0.135 e. The average Bonchev–Trinajstić information content (AvgIpc) is 3.16. The van der Waals surface area contributed by atoms with Gasteiger partial charge in [-0.3, -0.25) is 0 Å². The third-order valence-electron chi connectivity index (χ3n) is 5.68. The van der Waals surface area contributed by atoms with Gasteiger partial charge < -0.3 is 5.11 Å². The van der Waals surface area contributed by atoms with Gasteiger partial charge in [0.2, 0.25) is 0 Å². The Morgan fingerprint density at radius 1 is 0.467 bits per heavy atom. The Balaban J connectivity index is 1.87. The Bertz CT molecular complexity index is 1210. The highest BCUT2D eigenvalue weighted by atomic mass is 16.3. The van der Waals surface area contributed by atoms with E-state index in [1.807, 2.05) is 91.0 Å². The summed E-state index contributed by atoms with van der Waals surface area (Å²) in [7, 11) is 0. The molecular formula is C29H22O. The van der Waals surface area contributed by atoms with Crippen LogP contribution in [-0.4, -0.2) is 5.11 Å². The van der Waals surface area contributed by atoms with Gasteiger partial charge in [0.25, 0.3) is 0 Å². The van der Waals surface area contributed by atoms with E-state index in [4.69, 9.17) is 0 Å². The molecule has 1 atom stereocenters. The molecule has 144 valence electrons. The quantitative estimate of drug-likeness (QED) is 0.420. The van der Waals surface area contributed by atoms with Gasteiger partial charge in [0.1, 0.15) is 5.60 Å². The smallest absolute Gasteiger partial charge is 0.135 e. The lowest BCUT2D eigenvalue weighted by atomic mass is 9.82. The highest BCUT2D eigenvalue weighted by molar-refractivity contribution is 6.20. The second-order valence-corrected chi connectivity index (χ2v) is 7.54. The van der Waals surface area contributed by atoms with Crippen LogP contribution in [-0.2, 0) is 5.60 Å². The Hall–Kier alpha value is -3.68. The van der Waals surface area contributed by atoms with Crippen LogP contribution in [0, 0.1) is 0 Å². The van der Waals surface area contributed by atoms with Crippen molar-refractivity contribution in [2.24, 2.45) is 0 Å². The van der Waals surface area contributed by atoms with E-state index in [9.17, 15) is 5.11 Å². The van der Waals surface area contributed by atoms with Gasteiger partial charge in [-0.05, 0) is 39.5 Å². The molecule has 0 heterocycles. The molecular weight excluding hydrogens is 364 g/mol. The van der Waals surface area contributed by atoms with Crippen LogP contribution in [0.2, 0.25) is 0 Å². The van der Waals surface area contributed by atoms with Crippen molar-refractivity contribution < 1.29 is 5.11 Å². The fourth-order valence-corrected chi connectivity index (χ4v) is 4.32. The van der Waals surface area contributed by atoms with Gasteiger partial charge >= 0.3 is 0 Å². The molecule has 0 aliphatic heterocycles. The molecule has 0 saturated heterocycles. The molecule has 0 radical (unpaired) electrons. The minimum atomic E-state index is -1.22. The van der Waals surface area contributed by atoms with Crippen LogP contribution >= 0.6 is 0 Å². The predicted molar refractivity (Wildman–Crippen MR) is 124 cm³/mol. The molecule has 1 aliphatic rings. The number of hydrogen-bond acceptors (Lipinski definition) is 1. The lowest BCUT2D eigenvalue weighted by molar-refractivity contribution is 0.157. The maximum atomic E-state index is 12.2. The molecule has 1 aliphatic carbocycles. The Morgan fingerprint density at radius 2 is 0.900 bits per heavy atom. The van der Waals surface area contributed by atoms with Crippen LogP contribution < -0.4 is 0 Å². The van der Waals surface area contributed by atoms with Crippen molar-refractivity contribution in [2.75, 3.05) is 0 Å². The summed E-state index contributed by atoms with van der Waals surface area (Å²) < 4.78 is 0. The standard InChI is InChI=1S/C29H22O/c30-29(25-19-11-4-12-20-25)21-26(22-13-5-1-6-14-22)27(23-15-7-2-8-16-23)28(29)24-17-9-3-10-18-24/h1-21,30H. The molecule has 0 bridgehead atoms. The number of allylic oxidation sites excluding steroid dienone is 2. The van der Waals surface area contributed by atoms with Gasteiger partial charge in [-0.25, -0.2) is 0 Å². The average molecular weight is 386 g/mol. The summed E-state index contributed by atoms with van der Waals surface area (Å²) in [6, 6.07) is 40.8. The molecule has 4 aromatic carbocycles. The van der Waals surface area contributed by atoms with Crippen LogP contribution in [0.25, 0.3) is 16.7 Å². The summed E-state index contributed by atoms with van der Waals surface area (Å²) in [4.78, 5) is 0. The molecule has 1 N–H and O–H groups in total. The van der Waals surface area contributed by atoms with Crippen LogP contribution in [0.15, 0.2) is 127 Å². The largest absolute Gasteiger partial charge is 0.377 e. The summed E-state index contributed by atoms with van der Waals surface area (Å²) in [5.41, 5.74) is 5.88. The van der Waals surface area contributed by atoms with Gasteiger partial charge in [-0.1, -0.05) is 121 Å². The van der Waals surface area contributed by atoms with Crippen molar-refractivity contribution in [3.05, 3.63) is 150 Å². The summed E-state index contributed by atoms with van der Waals surface area (Å²) in [5, 5.41) is 12.2. The summed E-state index contributed by atoms with van der Waals surface area (Å²) in [6.45, 7) is 0. The van der Waals surface area contributed by atoms with E-state index in [0.29, 0.717) is 0 Å². The van der Waals surface area contributed by atoms with Crippen molar-refractivity contribution in [3.63, 3.8) is 0 Å². The van der Waals surface area contributed by atoms with E-state index in [2.05, 4.69) is 36.4 Å². The Kier molecular flexibility index (Phi) is 4.66. The second kappa shape index (κ2) is 7.62. The summed E-state index contributed by atoms with van der Waals surface area (Å²) >= 11 is 0. The molecule has 0 aromatic heterocycles. The van der Waals surface area contributed by atoms with Crippen LogP contribution in [0.5, 0.6) is 0 Å². The molecule has 0 amide bonds. The van der Waals surface area contributed by atoms with E-state index in [1.54, 1.807) is 0 Å². The van der Waals surface area contributed by atoms with Crippen LogP contribution in [0.1, 0.15) is 22.3 Å². The third-order valence-corrected chi connectivity index (χ3v) is 5.68. The van der Waals surface area contributed by atoms with Crippen molar-refractivity contribution >= 4 is 16.7 Å². The van der Waals surface area contributed by atoms with Crippen LogP contribution in [0.3, 0.4) is 0 Å². The van der Waals surface area contributed by atoms with Gasteiger partial charge in [0.15, 0.2) is 0 Å². The zero-order valence-electron chi connectivity index (χ0n) is 16.6. The van der Waals surface area contributed by atoms with E-state index < -0.39 is 5.60 Å². The minimum Gasteiger partial charge on any atom is -0.377 e. The Labute approximate surface area is 177 Å². The number of rotatable bonds is 4. The lowest BCUT2D eigenvalue weighted by Crippen LogP contribution is -2.23. The van der Waals surface area contributed by atoms with E-state index >= 15 is 0 Å². The third kappa shape index (κ3) is 3.10. The van der Waals surface area contributed by atoms with Gasteiger partial charge in [-0.15, -0.1) is 0 Å². The molecule has 0 fully saturated rings. The highest BCUT2D eigenvalue weighted by Gasteiger charge is 2.41. The molecule has 0 saturated carbocycles. The summed E-state index contributed by atoms with van der Waals surface area (Å²) in [6.07, 6.45) is 2.02. The number of benzene rings is 4. The van der Waals surface area contributed by atoms with Gasteiger partial charge in [0.05, 0.1) is 0 Å². The maximum absolute atomic E-state index is 12.2. The molecule has 1 heteroatoms. The first-order chi connectivity index (χ1) is 14.8. The normalized spacial score (nSPS) is 18.4. The van der Waals surface area contributed by atoms with Crippen molar-refractivity contribution in [1.29, 1.82) is 0 Å². The van der Waals surface area contributed by atoms with Crippen molar-refractivity contribution in [1.82, 2.24) is 0 Å². The topological polar surface area (TPSA) is 20.2 Å². The van der Waals surface area contributed by atoms with Gasteiger partial charge in [-0.2, -0.15) is 0 Å². The molecule has 4 aromatic rings. The fourth-order valence-electron chi connectivity index (χ4n) is 4.32. The predicted octanol–water partition coefficient (Wildman–Crippen LogP) is 6.58. The van der Waals surface area contributed by atoms with Crippen LogP contribution in [0.4, 0.5) is 0 Å². The minimum absolute atomic E-state index is 0.864. The van der Waals surface area contributed by atoms with E-state index in [-0.39, 0.29) is 0 Å². The zero-order chi connectivity index (χ0) is 20.4. The monoisotopic (exact) mass is 386 g/mol. The first-order valence-corrected chi connectivity index (χ1v) is 10.2. The number of aliphatic hydroxyl groups is 1. The molecule has 0 spiro atoms. The SMILES string of the molecule is OC1(c2ccccc2)C=C(c2ccccc2)C(c2ccccc2)=C1c1ccccc1. The second-order valence-electron chi connectivity index (χ2n) is 7.54. The molecule has 5 rings (SSSR count). The van der Waals surface area contributed by atoms with Crippen molar-refractivity contribution in [2.45, 2.75) is 5.60 Å². The fraction of sp³-hybridized carbons (Fsp3) is 0.0345. The number of hydrogen-bond donors (Lipinski definition) is 1. The van der Waals surface area contributed by atoms with E-state index in [1.165, 1.54) is 0 Å². The zero-order valence-corrected chi connectivity index (χ0v) is 16.6. The summed E-state index contributed by atoms with van der Waals surface area (Å²) in [5.74, 6) is 0. The lowest BCUT2D eigenvalue weighted by Gasteiger charge is -2.27. The molecule has 1 unspecified atom stereocenters. The molecule has 30 heavy (non-hydrogen) atoms. The van der Waals surface area contributed by atoms with Gasteiger partial charge in [0, 0.05) is 5.57 Å². The first kappa shape index (κ1) is 18.4.